The minimum absolute atomic E-state index is 0.118. The molecule has 1 aromatic carbocycles. The van der Waals surface area contributed by atoms with Crippen molar-refractivity contribution in [3.8, 4) is 0 Å². The molecule has 0 aliphatic heterocycles. The van der Waals surface area contributed by atoms with Gasteiger partial charge in [-0.05, 0) is 42.7 Å². The Hall–Kier alpha value is -0.960. The molecule has 0 fully saturated rings. The second-order valence-corrected chi connectivity index (χ2v) is 5.77. The summed E-state index contributed by atoms with van der Waals surface area (Å²) in [5, 5.41) is 4.93. The molecule has 0 saturated heterocycles. The van der Waals surface area contributed by atoms with Crippen LogP contribution >= 0.6 is 34.8 Å². The summed E-state index contributed by atoms with van der Waals surface area (Å²) in [6.45, 7) is 4.05. The molecule has 0 aliphatic carbocycles. The monoisotopic (exact) mass is 328 g/mol. The fourth-order valence-corrected chi connectivity index (χ4v) is 2.87. The van der Waals surface area contributed by atoms with Gasteiger partial charge < -0.3 is 5.32 Å². The van der Waals surface area contributed by atoms with Crippen LogP contribution in [0.25, 0.3) is 0 Å². The van der Waals surface area contributed by atoms with Crippen LogP contribution in [0.4, 0.5) is 5.69 Å². The first-order valence-electron chi connectivity index (χ1n) is 6.36. The van der Waals surface area contributed by atoms with E-state index < -0.39 is 0 Å². The van der Waals surface area contributed by atoms with Gasteiger partial charge in [-0.25, -0.2) is 4.98 Å². The average molecular weight is 330 g/mol. The lowest BCUT2D eigenvalue weighted by atomic mass is 10.0. The van der Waals surface area contributed by atoms with Crippen LogP contribution in [0.1, 0.15) is 30.5 Å². The highest BCUT2D eigenvalue weighted by Crippen LogP contribution is 2.31. The summed E-state index contributed by atoms with van der Waals surface area (Å²) in [4.78, 5) is 4.08. The summed E-state index contributed by atoms with van der Waals surface area (Å²) in [6, 6.07) is 9.71. The molecule has 1 N–H and O–H groups in total. The summed E-state index contributed by atoms with van der Waals surface area (Å²) in [5.41, 5.74) is 2.89. The van der Waals surface area contributed by atoms with Gasteiger partial charge in [-0.3, -0.25) is 0 Å². The lowest BCUT2D eigenvalue weighted by Crippen LogP contribution is -2.11. The van der Waals surface area contributed by atoms with Crippen molar-refractivity contribution >= 4 is 40.5 Å². The van der Waals surface area contributed by atoms with Crippen LogP contribution in [0.3, 0.4) is 0 Å². The number of anilines is 1. The average Bonchev–Trinajstić information content (AvgIpc) is 2.38. The lowest BCUT2D eigenvalue weighted by molar-refractivity contribution is 0.748. The number of hydrogen-bond acceptors (Lipinski definition) is 2. The Labute approximate surface area is 134 Å². The smallest absolute Gasteiger partial charge is 0.154 e. The Kier molecular flexibility index (Phi) is 5.14. The standard InChI is InChI=1S/C15H15Cl3N2/c1-3-12(10-5-4-6-11(16)8-10)19-14-9(2)7-13(17)20-15(14)18/h4-8,12,19H,3H2,1-2H3. The zero-order chi connectivity index (χ0) is 14.7. The number of aromatic nitrogens is 1. The number of rotatable bonds is 4. The summed E-state index contributed by atoms with van der Waals surface area (Å²) in [5.74, 6) is 0. The van der Waals surface area contributed by atoms with Crippen molar-refractivity contribution in [3.63, 3.8) is 0 Å². The number of halogens is 3. The maximum atomic E-state index is 6.17. The highest BCUT2D eigenvalue weighted by Gasteiger charge is 2.14. The van der Waals surface area contributed by atoms with E-state index in [9.17, 15) is 0 Å². The Morgan fingerprint density at radius 1 is 1.20 bits per heavy atom. The lowest BCUT2D eigenvalue weighted by Gasteiger charge is -2.21. The second-order valence-electron chi connectivity index (χ2n) is 4.59. The fraction of sp³-hybridized carbons (Fsp3) is 0.267. The quantitative estimate of drug-likeness (QED) is 0.705. The predicted octanol–water partition coefficient (Wildman–Crippen LogP) is 5.91. The number of pyridine rings is 1. The second kappa shape index (κ2) is 6.66. The maximum absolute atomic E-state index is 6.17. The van der Waals surface area contributed by atoms with E-state index in [1.54, 1.807) is 6.07 Å². The third kappa shape index (κ3) is 3.57. The minimum Gasteiger partial charge on any atom is -0.376 e. The Bertz CT molecular complexity index is 591. The van der Waals surface area contributed by atoms with E-state index in [2.05, 4.69) is 17.2 Å². The first kappa shape index (κ1) is 15.4. The van der Waals surface area contributed by atoms with Crippen molar-refractivity contribution in [1.29, 1.82) is 0 Å². The van der Waals surface area contributed by atoms with Crippen LogP contribution in [0, 0.1) is 6.92 Å². The molecule has 1 aromatic heterocycles. The van der Waals surface area contributed by atoms with Crippen molar-refractivity contribution in [2.24, 2.45) is 0 Å². The van der Waals surface area contributed by atoms with Gasteiger partial charge >= 0.3 is 0 Å². The highest BCUT2D eigenvalue weighted by atomic mass is 35.5. The molecule has 2 rings (SSSR count). The molecule has 0 amide bonds. The minimum atomic E-state index is 0.118. The topological polar surface area (TPSA) is 24.9 Å². The molecule has 0 radical (unpaired) electrons. The zero-order valence-electron chi connectivity index (χ0n) is 11.3. The molecule has 0 bridgehead atoms. The van der Waals surface area contributed by atoms with E-state index in [0.29, 0.717) is 10.3 Å². The summed E-state index contributed by atoms with van der Waals surface area (Å²) in [6.07, 6.45) is 0.902. The third-order valence-corrected chi connectivity index (χ3v) is 3.82. The molecular weight excluding hydrogens is 315 g/mol. The van der Waals surface area contributed by atoms with E-state index >= 15 is 0 Å². The molecule has 2 aromatic rings. The van der Waals surface area contributed by atoms with Crippen LogP contribution in [0.5, 0.6) is 0 Å². The van der Waals surface area contributed by atoms with Crippen LogP contribution in [-0.4, -0.2) is 4.98 Å². The third-order valence-electron chi connectivity index (χ3n) is 3.12. The van der Waals surface area contributed by atoms with Gasteiger partial charge in [0, 0.05) is 5.02 Å². The molecule has 2 nitrogen and oxygen atoms in total. The van der Waals surface area contributed by atoms with Crippen LogP contribution in [0.15, 0.2) is 30.3 Å². The van der Waals surface area contributed by atoms with Gasteiger partial charge in [0.15, 0.2) is 5.15 Å². The van der Waals surface area contributed by atoms with Gasteiger partial charge in [-0.1, -0.05) is 53.9 Å². The largest absolute Gasteiger partial charge is 0.376 e. The van der Waals surface area contributed by atoms with Crippen molar-refractivity contribution in [1.82, 2.24) is 4.98 Å². The van der Waals surface area contributed by atoms with E-state index in [1.165, 1.54) is 0 Å². The normalized spacial score (nSPS) is 12.2. The highest BCUT2D eigenvalue weighted by molar-refractivity contribution is 6.34. The number of hydrogen-bond donors (Lipinski definition) is 1. The van der Waals surface area contributed by atoms with E-state index in [1.807, 2.05) is 31.2 Å². The number of aryl methyl sites for hydroxylation is 1. The molecule has 0 aliphatic rings. The Morgan fingerprint density at radius 3 is 2.55 bits per heavy atom. The number of nitrogens with one attached hydrogen (secondary N) is 1. The van der Waals surface area contributed by atoms with E-state index in [4.69, 9.17) is 34.8 Å². The van der Waals surface area contributed by atoms with Crippen LogP contribution < -0.4 is 5.32 Å². The molecule has 0 saturated carbocycles. The molecule has 0 spiro atoms. The Morgan fingerprint density at radius 2 is 1.95 bits per heavy atom. The molecule has 1 atom stereocenters. The number of nitrogens with zero attached hydrogens (tertiary/aromatic N) is 1. The van der Waals surface area contributed by atoms with Crippen LogP contribution in [0.2, 0.25) is 15.3 Å². The first-order valence-corrected chi connectivity index (χ1v) is 7.49. The van der Waals surface area contributed by atoms with Gasteiger partial charge in [0.05, 0.1) is 11.7 Å². The van der Waals surface area contributed by atoms with E-state index in [0.717, 1.165) is 28.3 Å². The predicted molar refractivity (Wildman–Crippen MR) is 87.1 cm³/mol. The van der Waals surface area contributed by atoms with Gasteiger partial charge in [-0.2, -0.15) is 0 Å². The molecule has 5 heteroatoms. The van der Waals surface area contributed by atoms with Crippen molar-refractivity contribution in [2.75, 3.05) is 5.32 Å². The summed E-state index contributed by atoms with van der Waals surface area (Å²) >= 11 is 18.1. The summed E-state index contributed by atoms with van der Waals surface area (Å²) in [7, 11) is 0. The van der Waals surface area contributed by atoms with Gasteiger partial charge in [0.1, 0.15) is 5.15 Å². The first-order chi connectivity index (χ1) is 9.51. The SMILES string of the molecule is CCC(Nc1c(C)cc(Cl)nc1Cl)c1cccc(Cl)c1. The van der Waals surface area contributed by atoms with Gasteiger partial charge in [0.2, 0.25) is 0 Å². The molecule has 1 heterocycles. The number of benzene rings is 1. The van der Waals surface area contributed by atoms with Gasteiger partial charge in [-0.15, -0.1) is 0 Å². The van der Waals surface area contributed by atoms with Crippen molar-refractivity contribution < 1.29 is 0 Å². The molecule has 1 unspecified atom stereocenters. The molecular formula is C15H15Cl3N2. The van der Waals surface area contributed by atoms with E-state index in [-0.39, 0.29) is 6.04 Å². The van der Waals surface area contributed by atoms with Crippen molar-refractivity contribution in [2.45, 2.75) is 26.3 Å². The van der Waals surface area contributed by atoms with Crippen LogP contribution in [-0.2, 0) is 0 Å². The molecule has 20 heavy (non-hydrogen) atoms. The zero-order valence-corrected chi connectivity index (χ0v) is 13.5. The molecule has 106 valence electrons. The van der Waals surface area contributed by atoms with Crippen molar-refractivity contribution in [3.05, 3.63) is 56.8 Å². The summed E-state index contributed by atoms with van der Waals surface area (Å²) < 4.78 is 0. The Balaban J connectivity index is 2.32. The maximum Gasteiger partial charge on any atom is 0.154 e. The fourth-order valence-electron chi connectivity index (χ4n) is 2.09. The van der Waals surface area contributed by atoms with Gasteiger partial charge in [0.25, 0.3) is 0 Å².